The van der Waals surface area contributed by atoms with Gasteiger partial charge in [0, 0.05) is 18.7 Å². The smallest absolute Gasteiger partial charge is 0.291 e. The first kappa shape index (κ1) is 15.5. The highest BCUT2D eigenvalue weighted by Gasteiger charge is 2.23. The summed E-state index contributed by atoms with van der Waals surface area (Å²) in [7, 11) is 0. The molecule has 20 heavy (non-hydrogen) atoms. The lowest BCUT2D eigenvalue weighted by molar-refractivity contribution is 0.258. The Hall–Kier alpha value is -0.880. The average molecular weight is 344 g/mol. The maximum Gasteiger partial charge on any atom is 0.291 e. The Kier molecular flexibility index (Phi) is 4.86. The number of anilines is 1. The van der Waals surface area contributed by atoms with Crippen molar-refractivity contribution in [3.05, 3.63) is 21.0 Å². The van der Waals surface area contributed by atoms with Crippen molar-refractivity contribution in [1.29, 1.82) is 0 Å². The Labute approximate surface area is 127 Å². The second-order valence-corrected chi connectivity index (χ2v) is 6.99. The summed E-state index contributed by atoms with van der Waals surface area (Å²) in [6, 6.07) is 0. The molecule has 0 bridgehead atoms. The molecule has 2 rings (SSSR count). The molecule has 5 nitrogen and oxygen atoms in total. The van der Waals surface area contributed by atoms with E-state index in [1.54, 1.807) is 10.9 Å². The van der Waals surface area contributed by atoms with Crippen LogP contribution in [0.5, 0.6) is 0 Å². The van der Waals surface area contributed by atoms with E-state index in [4.69, 9.17) is 5.11 Å². The van der Waals surface area contributed by atoms with E-state index in [0.717, 1.165) is 0 Å². The summed E-state index contributed by atoms with van der Waals surface area (Å²) in [6.45, 7) is 4.71. The van der Waals surface area contributed by atoms with Gasteiger partial charge in [-0.2, -0.15) is 5.10 Å². The molecule has 0 aliphatic heterocycles. The first-order chi connectivity index (χ1) is 9.43. The molecule has 2 N–H and O–H groups in total. The monoisotopic (exact) mass is 343 g/mol. The molecule has 112 valence electrons. The Bertz CT molecular complexity index is 524. The molecule has 0 atom stereocenters. The van der Waals surface area contributed by atoms with Crippen LogP contribution in [-0.4, -0.2) is 27.0 Å². The standard InChI is InChI=1S/C14H22BrN3O2/c1-14(2,6-7-19)17-12-11(15)8-16-18(13(12)20)9-10-4-3-5-10/h8,10,17,19H,3-7,9H2,1-2H3. The summed E-state index contributed by atoms with van der Waals surface area (Å²) >= 11 is 3.38. The Morgan fingerprint density at radius 1 is 1.55 bits per heavy atom. The Morgan fingerprint density at radius 3 is 2.80 bits per heavy atom. The predicted octanol–water partition coefficient (Wildman–Crippen LogP) is 2.38. The molecule has 1 aliphatic rings. The Morgan fingerprint density at radius 2 is 2.25 bits per heavy atom. The van der Waals surface area contributed by atoms with Crippen molar-refractivity contribution >= 4 is 21.6 Å². The minimum Gasteiger partial charge on any atom is -0.396 e. The van der Waals surface area contributed by atoms with Crippen LogP contribution in [-0.2, 0) is 6.54 Å². The lowest BCUT2D eigenvalue weighted by Gasteiger charge is -2.28. The molecular weight excluding hydrogens is 322 g/mol. The van der Waals surface area contributed by atoms with Crippen LogP contribution < -0.4 is 10.9 Å². The van der Waals surface area contributed by atoms with E-state index in [0.29, 0.717) is 29.0 Å². The highest BCUT2D eigenvalue weighted by atomic mass is 79.9. The molecule has 0 aromatic carbocycles. The second kappa shape index (κ2) is 6.26. The topological polar surface area (TPSA) is 67.2 Å². The van der Waals surface area contributed by atoms with Gasteiger partial charge in [-0.25, -0.2) is 4.68 Å². The fourth-order valence-corrected chi connectivity index (χ4v) is 2.67. The lowest BCUT2D eigenvalue weighted by Crippen LogP contribution is -2.37. The highest BCUT2D eigenvalue weighted by molar-refractivity contribution is 9.10. The van der Waals surface area contributed by atoms with Gasteiger partial charge in [-0.1, -0.05) is 6.42 Å². The quantitative estimate of drug-likeness (QED) is 0.832. The molecule has 0 unspecified atom stereocenters. The van der Waals surface area contributed by atoms with Gasteiger partial charge in [-0.15, -0.1) is 0 Å². The predicted molar refractivity (Wildman–Crippen MR) is 82.9 cm³/mol. The van der Waals surface area contributed by atoms with Crippen LogP contribution in [0.1, 0.15) is 39.5 Å². The van der Waals surface area contributed by atoms with Crippen LogP contribution in [0.4, 0.5) is 5.69 Å². The van der Waals surface area contributed by atoms with Crippen molar-refractivity contribution in [3.63, 3.8) is 0 Å². The van der Waals surface area contributed by atoms with Gasteiger partial charge in [-0.3, -0.25) is 4.79 Å². The minimum absolute atomic E-state index is 0.0823. The van der Waals surface area contributed by atoms with Crippen molar-refractivity contribution in [2.24, 2.45) is 5.92 Å². The Balaban J connectivity index is 2.22. The van der Waals surface area contributed by atoms with Crippen molar-refractivity contribution in [1.82, 2.24) is 9.78 Å². The highest BCUT2D eigenvalue weighted by Crippen LogP contribution is 2.28. The molecule has 1 aliphatic carbocycles. The number of rotatable bonds is 6. The second-order valence-electron chi connectivity index (χ2n) is 6.13. The minimum atomic E-state index is -0.341. The summed E-state index contributed by atoms with van der Waals surface area (Å²) in [5, 5.41) is 16.5. The molecule has 1 aromatic heterocycles. The number of halogens is 1. The zero-order valence-corrected chi connectivity index (χ0v) is 13.6. The summed E-state index contributed by atoms with van der Waals surface area (Å²) < 4.78 is 2.21. The van der Waals surface area contributed by atoms with Gasteiger partial charge in [0.15, 0.2) is 0 Å². The zero-order valence-electron chi connectivity index (χ0n) is 12.0. The molecule has 1 heterocycles. The number of hydrogen-bond acceptors (Lipinski definition) is 4. The third-order valence-electron chi connectivity index (χ3n) is 3.85. The van der Waals surface area contributed by atoms with Crippen LogP contribution in [0.25, 0.3) is 0 Å². The van der Waals surface area contributed by atoms with Crippen LogP contribution in [0.15, 0.2) is 15.5 Å². The number of aliphatic hydroxyl groups excluding tert-OH is 1. The molecule has 0 spiro atoms. The molecule has 1 fully saturated rings. The number of nitrogens with one attached hydrogen (secondary N) is 1. The van der Waals surface area contributed by atoms with Crippen molar-refractivity contribution in [2.45, 2.75) is 51.6 Å². The molecule has 0 saturated heterocycles. The van der Waals surface area contributed by atoms with Gasteiger partial charge < -0.3 is 10.4 Å². The lowest BCUT2D eigenvalue weighted by atomic mass is 9.85. The van der Waals surface area contributed by atoms with Crippen LogP contribution in [0, 0.1) is 5.92 Å². The summed E-state index contributed by atoms with van der Waals surface area (Å²) in [6.07, 6.45) is 5.86. The van der Waals surface area contributed by atoms with Crippen molar-refractivity contribution in [3.8, 4) is 0 Å². The maximum absolute atomic E-state index is 12.5. The van der Waals surface area contributed by atoms with E-state index in [2.05, 4.69) is 26.3 Å². The van der Waals surface area contributed by atoms with Gasteiger partial charge in [0.1, 0.15) is 5.69 Å². The molecule has 0 radical (unpaired) electrons. The van der Waals surface area contributed by atoms with Crippen molar-refractivity contribution in [2.75, 3.05) is 11.9 Å². The molecule has 1 aromatic rings. The van der Waals surface area contributed by atoms with Crippen LogP contribution in [0.2, 0.25) is 0 Å². The normalized spacial score (nSPS) is 16.0. The van der Waals surface area contributed by atoms with E-state index >= 15 is 0 Å². The molecule has 6 heteroatoms. The largest absolute Gasteiger partial charge is 0.396 e. The van der Waals surface area contributed by atoms with Crippen molar-refractivity contribution < 1.29 is 5.11 Å². The molecular formula is C14H22BrN3O2. The SMILES string of the molecule is CC(C)(CCO)Nc1c(Br)cnn(CC2CCC2)c1=O. The van der Waals surface area contributed by atoms with E-state index < -0.39 is 0 Å². The van der Waals surface area contributed by atoms with E-state index in [9.17, 15) is 4.79 Å². The maximum atomic E-state index is 12.5. The van der Waals surface area contributed by atoms with Gasteiger partial charge in [0.2, 0.25) is 0 Å². The third-order valence-corrected chi connectivity index (χ3v) is 4.45. The number of aromatic nitrogens is 2. The number of hydrogen-bond donors (Lipinski definition) is 2. The van der Waals surface area contributed by atoms with Gasteiger partial charge in [-0.05, 0) is 55.0 Å². The summed E-state index contributed by atoms with van der Waals surface area (Å²) in [5.41, 5.74) is 0.0848. The number of nitrogens with zero attached hydrogens (tertiary/aromatic N) is 2. The van der Waals surface area contributed by atoms with E-state index in [1.807, 2.05) is 13.8 Å². The van der Waals surface area contributed by atoms with Gasteiger partial charge in [0.05, 0.1) is 10.7 Å². The molecule has 1 saturated carbocycles. The van der Waals surface area contributed by atoms with Crippen LogP contribution in [0.3, 0.4) is 0 Å². The first-order valence-electron chi connectivity index (χ1n) is 7.07. The van der Waals surface area contributed by atoms with E-state index in [1.165, 1.54) is 19.3 Å². The third kappa shape index (κ3) is 3.61. The average Bonchev–Trinajstić information content (AvgIpc) is 2.31. The first-order valence-corrected chi connectivity index (χ1v) is 7.87. The van der Waals surface area contributed by atoms with Gasteiger partial charge >= 0.3 is 0 Å². The fourth-order valence-electron chi connectivity index (χ4n) is 2.31. The fraction of sp³-hybridized carbons (Fsp3) is 0.714. The van der Waals surface area contributed by atoms with E-state index in [-0.39, 0.29) is 17.7 Å². The summed E-state index contributed by atoms with van der Waals surface area (Å²) in [5.74, 6) is 0.583. The molecule has 0 amide bonds. The zero-order chi connectivity index (χ0) is 14.8. The summed E-state index contributed by atoms with van der Waals surface area (Å²) in [4.78, 5) is 12.5. The number of aliphatic hydroxyl groups is 1. The van der Waals surface area contributed by atoms with Crippen LogP contribution >= 0.6 is 15.9 Å². The van der Waals surface area contributed by atoms with Gasteiger partial charge in [0.25, 0.3) is 5.56 Å².